The normalized spacial score (nSPS) is 17.7. The number of hydrogen-bond donors (Lipinski definition) is 2. The molecule has 1 atom stereocenters. The fourth-order valence-electron chi connectivity index (χ4n) is 3.48. The maximum absolute atomic E-state index is 4.40. The summed E-state index contributed by atoms with van der Waals surface area (Å²) in [4.78, 5) is 9.25. The van der Waals surface area contributed by atoms with E-state index < -0.39 is 0 Å². The van der Waals surface area contributed by atoms with Crippen molar-refractivity contribution in [2.45, 2.75) is 44.8 Å². The first-order valence-corrected chi connectivity index (χ1v) is 10.2. The first-order chi connectivity index (χ1) is 13.1. The van der Waals surface area contributed by atoms with E-state index >= 15 is 0 Å². The molecule has 1 saturated heterocycles. The molecule has 0 aromatic heterocycles. The van der Waals surface area contributed by atoms with Gasteiger partial charge in [-0.05, 0) is 38.8 Å². The summed E-state index contributed by atoms with van der Waals surface area (Å²) in [6, 6.07) is 11.7. The number of rotatable bonds is 9. The Balaban J connectivity index is 1.66. The van der Waals surface area contributed by atoms with Gasteiger partial charge in [-0.25, -0.2) is 0 Å². The Morgan fingerprint density at radius 1 is 1.33 bits per heavy atom. The van der Waals surface area contributed by atoms with Crippen molar-refractivity contribution in [1.29, 1.82) is 0 Å². The Kier molecular flexibility index (Phi) is 9.36. The molecule has 0 saturated carbocycles. The van der Waals surface area contributed by atoms with Crippen LogP contribution in [-0.2, 0) is 6.54 Å². The Labute approximate surface area is 165 Å². The van der Waals surface area contributed by atoms with Crippen LogP contribution in [0.5, 0.6) is 0 Å². The highest BCUT2D eigenvalue weighted by molar-refractivity contribution is 5.79. The molecule has 0 spiro atoms. The first-order valence-electron chi connectivity index (χ1n) is 10.2. The molecule has 1 aliphatic rings. The van der Waals surface area contributed by atoms with Crippen molar-refractivity contribution in [3.05, 3.63) is 48.6 Å². The van der Waals surface area contributed by atoms with Crippen LogP contribution < -0.4 is 10.6 Å². The van der Waals surface area contributed by atoms with E-state index in [1.807, 2.05) is 13.1 Å². The summed E-state index contributed by atoms with van der Waals surface area (Å²) in [6.07, 6.45) is 5.39. The maximum Gasteiger partial charge on any atom is 0.191 e. The van der Waals surface area contributed by atoms with Crippen molar-refractivity contribution in [2.75, 3.05) is 40.3 Å². The van der Waals surface area contributed by atoms with Crippen LogP contribution in [0.25, 0.3) is 0 Å². The number of guanidine groups is 1. The molecule has 0 radical (unpaired) electrons. The number of nitrogens with zero attached hydrogens (tertiary/aromatic N) is 3. The molecule has 0 aliphatic carbocycles. The maximum atomic E-state index is 4.40. The number of aliphatic imine (C=N–C) groups is 1. The fraction of sp³-hybridized carbons (Fsp3) is 0.591. The number of benzene rings is 1. The van der Waals surface area contributed by atoms with Crippen LogP contribution in [0.3, 0.4) is 0 Å². The summed E-state index contributed by atoms with van der Waals surface area (Å²) in [7, 11) is 4.05. The molecule has 2 rings (SSSR count). The monoisotopic (exact) mass is 371 g/mol. The lowest BCUT2D eigenvalue weighted by atomic mass is 10.1. The third-order valence-electron chi connectivity index (χ3n) is 5.42. The van der Waals surface area contributed by atoms with E-state index in [0.29, 0.717) is 12.1 Å². The molecule has 1 aromatic carbocycles. The molecular weight excluding hydrogens is 334 g/mol. The lowest BCUT2D eigenvalue weighted by Crippen LogP contribution is -2.49. The van der Waals surface area contributed by atoms with Gasteiger partial charge in [0.05, 0.1) is 0 Å². The first kappa shape index (κ1) is 21.5. The molecular formula is C22H37N5. The average molecular weight is 372 g/mol. The molecule has 5 heteroatoms. The number of piperidine rings is 1. The Morgan fingerprint density at radius 2 is 2.04 bits per heavy atom. The van der Waals surface area contributed by atoms with E-state index in [4.69, 9.17) is 0 Å². The van der Waals surface area contributed by atoms with Crippen LogP contribution in [-0.4, -0.2) is 68.1 Å². The summed E-state index contributed by atoms with van der Waals surface area (Å²) in [6.45, 7) is 11.3. The largest absolute Gasteiger partial charge is 0.356 e. The molecule has 1 aromatic rings. The lowest BCUT2D eigenvalue weighted by molar-refractivity contribution is 0.224. The van der Waals surface area contributed by atoms with E-state index in [9.17, 15) is 0 Å². The standard InChI is InChI=1S/C22H37N5/c1-5-15-27-16-12-21(13-17-27)25-22(23-3)24-14-11-19(2)26(4)18-20-9-7-6-8-10-20/h5-10,19,21H,1,11-18H2,2-4H3,(H2,23,24,25). The van der Waals surface area contributed by atoms with Crippen molar-refractivity contribution in [2.24, 2.45) is 4.99 Å². The Bertz CT molecular complexity index is 563. The van der Waals surface area contributed by atoms with Gasteiger partial charge in [0, 0.05) is 51.9 Å². The second kappa shape index (κ2) is 11.8. The van der Waals surface area contributed by atoms with Gasteiger partial charge in [0.15, 0.2) is 5.96 Å². The number of hydrogen-bond acceptors (Lipinski definition) is 3. The second-order valence-corrected chi connectivity index (χ2v) is 7.55. The lowest BCUT2D eigenvalue weighted by Gasteiger charge is -2.32. The van der Waals surface area contributed by atoms with Crippen molar-refractivity contribution < 1.29 is 0 Å². The zero-order chi connectivity index (χ0) is 19.5. The van der Waals surface area contributed by atoms with Gasteiger partial charge in [-0.2, -0.15) is 0 Å². The zero-order valence-electron chi connectivity index (χ0n) is 17.3. The van der Waals surface area contributed by atoms with E-state index in [2.05, 4.69) is 76.3 Å². The summed E-state index contributed by atoms with van der Waals surface area (Å²) < 4.78 is 0. The van der Waals surface area contributed by atoms with Crippen molar-refractivity contribution in [3.8, 4) is 0 Å². The summed E-state index contributed by atoms with van der Waals surface area (Å²) in [5, 5.41) is 7.07. The van der Waals surface area contributed by atoms with Gasteiger partial charge in [-0.3, -0.25) is 14.8 Å². The van der Waals surface area contributed by atoms with Crippen LogP contribution in [0.2, 0.25) is 0 Å². The van der Waals surface area contributed by atoms with Gasteiger partial charge in [0.25, 0.3) is 0 Å². The molecule has 1 heterocycles. The highest BCUT2D eigenvalue weighted by atomic mass is 15.2. The smallest absolute Gasteiger partial charge is 0.191 e. The van der Waals surface area contributed by atoms with E-state index in [-0.39, 0.29) is 0 Å². The van der Waals surface area contributed by atoms with Crippen LogP contribution in [0.1, 0.15) is 31.7 Å². The third kappa shape index (κ3) is 7.73. The van der Waals surface area contributed by atoms with Crippen molar-refractivity contribution >= 4 is 5.96 Å². The summed E-state index contributed by atoms with van der Waals surface area (Å²) >= 11 is 0. The van der Waals surface area contributed by atoms with Crippen LogP contribution in [0.15, 0.2) is 48.0 Å². The van der Waals surface area contributed by atoms with Gasteiger partial charge in [-0.1, -0.05) is 36.4 Å². The molecule has 0 bridgehead atoms. The fourth-order valence-corrected chi connectivity index (χ4v) is 3.48. The minimum atomic E-state index is 0.510. The molecule has 1 aliphatic heterocycles. The highest BCUT2D eigenvalue weighted by Crippen LogP contribution is 2.10. The van der Waals surface area contributed by atoms with Crippen LogP contribution in [0, 0.1) is 0 Å². The Hall–Kier alpha value is -1.85. The van der Waals surface area contributed by atoms with Crippen molar-refractivity contribution in [3.63, 3.8) is 0 Å². The van der Waals surface area contributed by atoms with Crippen molar-refractivity contribution in [1.82, 2.24) is 20.4 Å². The predicted molar refractivity (Wildman–Crippen MR) is 116 cm³/mol. The van der Waals surface area contributed by atoms with Crippen LogP contribution >= 0.6 is 0 Å². The number of likely N-dealkylation sites (tertiary alicyclic amines) is 1. The van der Waals surface area contributed by atoms with E-state index in [1.165, 1.54) is 5.56 Å². The topological polar surface area (TPSA) is 42.9 Å². The van der Waals surface area contributed by atoms with Gasteiger partial charge in [0.2, 0.25) is 0 Å². The predicted octanol–water partition coefficient (Wildman–Crippen LogP) is 2.71. The van der Waals surface area contributed by atoms with Gasteiger partial charge in [-0.15, -0.1) is 6.58 Å². The van der Waals surface area contributed by atoms with Gasteiger partial charge >= 0.3 is 0 Å². The highest BCUT2D eigenvalue weighted by Gasteiger charge is 2.19. The second-order valence-electron chi connectivity index (χ2n) is 7.55. The molecule has 1 fully saturated rings. The summed E-state index contributed by atoms with van der Waals surface area (Å²) in [5.41, 5.74) is 1.36. The van der Waals surface area contributed by atoms with E-state index in [1.54, 1.807) is 0 Å². The van der Waals surface area contributed by atoms with E-state index in [0.717, 1.165) is 57.9 Å². The summed E-state index contributed by atoms with van der Waals surface area (Å²) in [5.74, 6) is 0.926. The third-order valence-corrected chi connectivity index (χ3v) is 5.42. The van der Waals surface area contributed by atoms with Crippen LogP contribution in [0.4, 0.5) is 0 Å². The van der Waals surface area contributed by atoms with Gasteiger partial charge < -0.3 is 10.6 Å². The minimum absolute atomic E-state index is 0.510. The van der Waals surface area contributed by atoms with Gasteiger partial charge in [0.1, 0.15) is 0 Å². The molecule has 5 nitrogen and oxygen atoms in total. The SMILES string of the molecule is C=CCN1CCC(NC(=NC)NCCC(C)N(C)Cc2ccccc2)CC1. The molecule has 2 N–H and O–H groups in total. The average Bonchev–Trinajstić information content (AvgIpc) is 2.69. The quantitative estimate of drug-likeness (QED) is 0.398. The minimum Gasteiger partial charge on any atom is -0.356 e. The molecule has 27 heavy (non-hydrogen) atoms. The Morgan fingerprint density at radius 3 is 2.67 bits per heavy atom. The molecule has 1 unspecified atom stereocenters. The number of nitrogens with one attached hydrogen (secondary N) is 2. The molecule has 150 valence electrons. The molecule has 0 amide bonds. The zero-order valence-corrected chi connectivity index (χ0v) is 17.3.